The molecule has 1 N–H and O–H groups in total. The standard InChI is InChI=1S/C27H36Cl2N2O3/c1-7-18(3)30-26(33)23(8-2)31(16-19-13-14-21(28)22(29)15-19)25(32)17-34-24-12-10-9-11-20(24)27(4,5)6/h9-15,18,23H,7-8,16-17H2,1-6H3,(H,30,33). The van der Waals surface area contributed by atoms with Crippen LogP contribution in [0, 0.1) is 0 Å². The zero-order chi connectivity index (χ0) is 25.5. The molecule has 2 aromatic rings. The molecule has 0 aliphatic heterocycles. The van der Waals surface area contributed by atoms with Gasteiger partial charge in [0.2, 0.25) is 5.91 Å². The number of nitrogens with zero attached hydrogens (tertiary/aromatic N) is 1. The molecule has 2 unspecified atom stereocenters. The molecule has 0 heterocycles. The van der Waals surface area contributed by atoms with Gasteiger partial charge in [0, 0.05) is 12.6 Å². The van der Waals surface area contributed by atoms with Crippen LogP contribution in [0.5, 0.6) is 5.75 Å². The van der Waals surface area contributed by atoms with Gasteiger partial charge in [-0.3, -0.25) is 9.59 Å². The molecule has 0 aliphatic rings. The Morgan fingerprint density at radius 3 is 2.29 bits per heavy atom. The van der Waals surface area contributed by atoms with E-state index in [1.165, 1.54) is 0 Å². The van der Waals surface area contributed by atoms with Crippen LogP contribution in [0.25, 0.3) is 0 Å². The number of carbonyl (C=O) groups is 2. The van der Waals surface area contributed by atoms with Gasteiger partial charge in [0.25, 0.3) is 5.91 Å². The van der Waals surface area contributed by atoms with Crippen molar-refractivity contribution < 1.29 is 14.3 Å². The van der Waals surface area contributed by atoms with E-state index >= 15 is 0 Å². The summed E-state index contributed by atoms with van der Waals surface area (Å²) in [7, 11) is 0. The second-order valence-corrected chi connectivity index (χ2v) is 10.4. The van der Waals surface area contributed by atoms with Gasteiger partial charge in [0.05, 0.1) is 10.0 Å². The first kappa shape index (κ1) is 28.0. The first-order chi connectivity index (χ1) is 16.0. The maximum absolute atomic E-state index is 13.5. The van der Waals surface area contributed by atoms with E-state index in [2.05, 4.69) is 26.1 Å². The van der Waals surface area contributed by atoms with E-state index in [9.17, 15) is 9.59 Å². The molecular formula is C27H36Cl2N2O3. The van der Waals surface area contributed by atoms with Crippen molar-refractivity contribution in [2.75, 3.05) is 6.61 Å². The van der Waals surface area contributed by atoms with Crippen LogP contribution in [-0.4, -0.2) is 35.4 Å². The number of hydrogen-bond donors (Lipinski definition) is 1. The number of rotatable bonds is 10. The molecule has 0 spiro atoms. The van der Waals surface area contributed by atoms with Gasteiger partial charge in [-0.2, -0.15) is 0 Å². The monoisotopic (exact) mass is 506 g/mol. The van der Waals surface area contributed by atoms with Crippen molar-refractivity contribution in [1.82, 2.24) is 10.2 Å². The minimum Gasteiger partial charge on any atom is -0.483 e. The van der Waals surface area contributed by atoms with Crippen LogP contribution in [0.4, 0.5) is 0 Å². The highest BCUT2D eigenvalue weighted by Crippen LogP contribution is 2.31. The fourth-order valence-corrected chi connectivity index (χ4v) is 3.95. The van der Waals surface area contributed by atoms with E-state index in [-0.39, 0.29) is 36.4 Å². The number of para-hydroxylation sites is 1. The van der Waals surface area contributed by atoms with Crippen molar-refractivity contribution in [3.63, 3.8) is 0 Å². The maximum Gasteiger partial charge on any atom is 0.261 e. The van der Waals surface area contributed by atoms with Gasteiger partial charge in [-0.1, -0.05) is 82.1 Å². The van der Waals surface area contributed by atoms with E-state index in [1.54, 1.807) is 17.0 Å². The van der Waals surface area contributed by atoms with Gasteiger partial charge in [-0.25, -0.2) is 0 Å². The molecule has 34 heavy (non-hydrogen) atoms. The minimum absolute atomic E-state index is 0.0124. The summed E-state index contributed by atoms with van der Waals surface area (Å²) >= 11 is 12.3. The van der Waals surface area contributed by atoms with Crippen LogP contribution in [-0.2, 0) is 21.5 Å². The Kier molecular flexibility index (Phi) is 10.3. The molecule has 7 heteroatoms. The van der Waals surface area contributed by atoms with Gasteiger partial charge in [-0.05, 0) is 54.5 Å². The van der Waals surface area contributed by atoms with Crippen LogP contribution >= 0.6 is 23.2 Å². The van der Waals surface area contributed by atoms with Crippen LogP contribution in [0.1, 0.15) is 65.5 Å². The zero-order valence-corrected chi connectivity index (χ0v) is 22.5. The number of nitrogens with one attached hydrogen (secondary N) is 1. The molecular weight excluding hydrogens is 471 g/mol. The molecule has 0 radical (unpaired) electrons. The average Bonchev–Trinajstić information content (AvgIpc) is 2.79. The van der Waals surface area contributed by atoms with Crippen molar-refractivity contribution in [3.8, 4) is 5.75 Å². The van der Waals surface area contributed by atoms with Gasteiger partial charge < -0.3 is 15.0 Å². The molecule has 0 saturated heterocycles. The van der Waals surface area contributed by atoms with Gasteiger partial charge >= 0.3 is 0 Å². The molecule has 5 nitrogen and oxygen atoms in total. The summed E-state index contributed by atoms with van der Waals surface area (Å²) in [5, 5.41) is 3.84. The number of ether oxygens (including phenoxy) is 1. The first-order valence-corrected chi connectivity index (χ1v) is 12.5. The van der Waals surface area contributed by atoms with Gasteiger partial charge in [0.1, 0.15) is 11.8 Å². The molecule has 0 bridgehead atoms. The predicted octanol–water partition coefficient (Wildman–Crippen LogP) is 6.39. The molecule has 0 aliphatic carbocycles. The second-order valence-electron chi connectivity index (χ2n) is 9.55. The van der Waals surface area contributed by atoms with Crippen molar-refractivity contribution in [3.05, 3.63) is 63.6 Å². The molecule has 0 saturated carbocycles. The molecule has 2 amide bonds. The SMILES string of the molecule is CCC(C)NC(=O)C(CC)N(Cc1ccc(Cl)c(Cl)c1)C(=O)COc1ccccc1C(C)(C)C. The lowest BCUT2D eigenvalue weighted by Crippen LogP contribution is -2.51. The van der Waals surface area contributed by atoms with Crippen molar-refractivity contribution in [2.24, 2.45) is 0 Å². The highest BCUT2D eigenvalue weighted by atomic mass is 35.5. The number of carbonyl (C=O) groups excluding carboxylic acids is 2. The second kappa shape index (κ2) is 12.5. The lowest BCUT2D eigenvalue weighted by Gasteiger charge is -2.31. The summed E-state index contributed by atoms with van der Waals surface area (Å²) in [6.45, 7) is 12.2. The van der Waals surface area contributed by atoms with Crippen LogP contribution in [0.15, 0.2) is 42.5 Å². The summed E-state index contributed by atoms with van der Waals surface area (Å²) in [6.07, 6.45) is 1.27. The fourth-order valence-electron chi connectivity index (χ4n) is 3.63. The molecule has 2 aromatic carbocycles. The lowest BCUT2D eigenvalue weighted by molar-refractivity contribution is -0.143. The molecule has 186 valence electrons. The minimum atomic E-state index is -0.641. The Bertz CT molecular complexity index is 988. The molecule has 2 atom stereocenters. The third-order valence-corrected chi connectivity index (χ3v) is 6.51. The highest BCUT2D eigenvalue weighted by molar-refractivity contribution is 6.42. The molecule has 2 rings (SSSR count). The molecule has 0 aromatic heterocycles. The van der Waals surface area contributed by atoms with Crippen LogP contribution in [0.3, 0.4) is 0 Å². The Hall–Kier alpha value is -2.24. The predicted molar refractivity (Wildman–Crippen MR) is 140 cm³/mol. The Morgan fingerprint density at radius 1 is 1.03 bits per heavy atom. The fraction of sp³-hybridized carbons (Fsp3) is 0.481. The van der Waals surface area contributed by atoms with Gasteiger partial charge in [-0.15, -0.1) is 0 Å². The van der Waals surface area contributed by atoms with Crippen molar-refractivity contribution in [1.29, 1.82) is 0 Å². The summed E-state index contributed by atoms with van der Waals surface area (Å²) in [5.74, 6) is 0.205. The highest BCUT2D eigenvalue weighted by Gasteiger charge is 2.30. The van der Waals surface area contributed by atoms with Gasteiger partial charge in [0.15, 0.2) is 6.61 Å². The summed E-state index contributed by atoms with van der Waals surface area (Å²) in [5.41, 5.74) is 1.66. The van der Waals surface area contributed by atoms with Crippen LogP contribution < -0.4 is 10.1 Å². The number of hydrogen-bond acceptors (Lipinski definition) is 3. The smallest absolute Gasteiger partial charge is 0.261 e. The Labute approximate surface area is 213 Å². The third-order valence-electron chi connectivity index (χ3n) is 5.77. The summed E-state index contributed by atoms with van der Waals surface area (Å²) in [4.78, 5) is 28.1. The average molecular weight is 508 g/mol. The maximum atomic E-state index is 13.5. The molecule has 0 fully saturated rings. The normalized spacial score (nSPS) is 13.2. The quantitative estimate of drug-likeness (QED) is 0.405. The van der Waals surface area contributed by atoms with E-state index < -0.39 is 6.04 Å². The zero-order valence-electron chi connectivity index (χ0n) is 21.0. The summed E-state index contributed by atoms with van der Waals surface area (Å²) < 4.78 is 5.99. The largest absolute Gasteiger partial charge is 0.483 e. The lowest BCUT2D eigenvalue weighted by atomic mass is 9.86. The first-order valence-electron chi connectivity index (χ1n) is 11.7. The van der Waals surface area contributed by atoms with E-state index in [0.29, 0.717) is 22.2 Å². The van der Waals surface area contributed by atoms with E-state index in [0.717, 1.165) is 17.5 Å². The number of amides is 2. The van der Waals surface area contributed by atoms with Crippen LogP contribution in [0.2, 0.25) is 10.0 Å². The summed E-state index contributed by atoms with van der Waals surface area (Å²) in [6, 6.07) is 12.3. The topological polar surface area (TPSA) is 58.6 Å². The number of benzene rings is 2. The Morgan fingerprint density at radius 2 is 1.71 bits per heavy atom. The number of halogens is 2. The third kappa shape index (κ3) is 7.64. The van der Waals surface area contributed by atoms with Crippen molar-refractivity contribution in [2.45, 2.75) is 78.4 Å². The van der Waals surface area contributed by atoms with E-state index in [1.807, 2.05) is 51.1 Å². The van der Waals surface area contributed by atoms with E-state index in [4.69, 9.17) is 27.9 Å². The van der Waals surface area contributed by atoms with Crippen molar-refractivity contribution >= 4 is 35.0 Å². The Balaban J connectivity index is 2.31.